The third-order valence-electron chi connectivity index (χ3n) is 4.40. The normalized spacial score (nSPS) is 15.2. The first kappa shape index (κ1) is 17.2. The van der Waals surface area contributed by atoms with Gasteiger partial charge in [-0.15, -0.1) is 0 Å². The standard InChI is InChI=1S/C18H21FN4O2/c1-13-14(19)4-2-5-15(13)21-17(24)12-22-8-10-23(11-9-22)18(25)16-6-3-7-20-16/h2-7,20H,8-12H2,1H3,(H,21,24). The maximum atomic E-state index is 13.5. The fourth-order valence-corrected chi connectivity index (χ4v) is 2.88. The first-order chi connectivity index (χ1) is 12.0. The van der Waals surface area contributed by atoms with Gasteiger partial charge in [0.05, 0.1) is 6.54 Å². The van der Waals surface area contributed by atoms with Gasteiger partial charge >= 0.3 is 0 Å². The van der Waals surface area contributed by atoms with E-state index in [4.69, 9.17) is 0 Å². The van der Waals surface area contributed by atoms with Crippen LogP contribution in [0.1, 0.15) is 16.1 Å². The van der Waals surface area contributed by atoms with Crippen molar-refractivity contribution < 1.29 is 14.0 Å². The van der Waals surface area contributed by atoms with Crippen molar-refractivity contribution in [1.29, 1.82) is 0 Å². The van der Waals surface area contributed by atoms with Crippen LogP contribution in [0.4, 0.5) is 10.1 Å². The highest BCUT2D eigenvalue weighted by Crippen LogP contribution is 2.17. The molecule has 7 heteroatoms. The van der Waals surface area contributed by atoms with Crippen LogP contribution in [0.15, 0.2) is 36.5 Å². The second-order valence-corrected chi connectivity index (χ2v) is 6.11. The van der Waals surface area contributed by atoms with E-state index in [1.165, 1.54) is 6.07 Å². The van der Waals surface area contributed by atoms with E-state index in [9.17, 15) is 14.0 Å². The number of amides is 2. The van der Waals surface area contributed by atoms with E-state index >= 15 is 0 Å². The molecule has 132 valence electrons. The van der Waals surface area contributed by atoms with Gasteiger partial charge in [-0.1, -0.05) is 6.07 Å². The largest absolute Gasteiger partial charge is 0.357 e. The van der Waals surface area contributed by atoms with Crippen molar-refractivity contribution in [1.82, 2.24) is 14.8 Å². The Morgan fingerprint density at radius 3 is 2.60 bits per heavy atom. The number of nitrogens with zero attached hydrogens (tertiary/aromatic N) is 2. The Kier molecular flexibility index (Phi) is 5.14. The van der Waals surface area contributed by atoms with Crippen LogP contribution in [0.3, 0.4) is 0 Å². The molecule has 2 N–H and O–H groups in total. The van der Waals surface area contributed by atoms with Crippen molar-refractivity contribution in [2.24, 2.45) is 0 Å². The molecule has 0 bridgehead atoms. The molecular weight excluding hydrogens is 323 g/mol. The minimum absolute atomic E-state index is 0.0236. The summed E-state index contributed by atoms with van der Waals surface area (Å²) < 4.78 is 13.5. The van der Waals surface area contributed by atoms with E-state index in [2.05, 4.69) is 10.3 Å². The number of anilines is 1. The van der Waals surface area contributed by atoms with Crippen LogP contribution in [0.2, 0.25) is 0 Å². The van der Waals surface area contributed by atoms with Crippen molar-refractivity contribution >= 4 is 17.5 Å². The molecule has 1 aromatic carbocycles. The Bertz CT molecular complexity index is 752. The molecule has 0 spiro atoms. The Morgan fingerprint density at radius 2 is 1.92 bits per heavy atom. The van der Waals surface area contributed by atoms with Crippen LogP contribution in [0.25, 0.3) is 0 Å². The number of carbonyl (C=O) groups excluding carboxylic acids is 2. The SMILES string of the molecule is Cc1c(F)cccc1NC(=O)CN1CCN(C(=O)c2ccc[nH]2)CC1. The number of halogens is 1. The van der Waals surface area contributed by atoms with E-state index in [-0.39, 0.29) is 24.2 Å². The fraction of sp³-hybridized carbons (Fsp3) is 0.333. The molecule has 0 atom stereocenters. The monoisotopic (exact) mass is 344 g/mol. The minimum Gasteiger partial charge on any atom is -0.357 e. The molecule has 25 heavy (non-hydrogen) atoms. The highest BCUT2D eigenvalue weighted by Gasteiger charge is 2.23. The molecule has 1 aliphatic rings. The lowest BCUT2D eigenvalue weighted by molar-refractivity contribution is -0.117. The van der Waals surface area contributed by atoms with Crippen LogP contribution in [-0.4, -0.2) is 59.3 Å². The van der Waals surface area contributed by atoms with Crippen molar-refractivity contribution in [2.75, 3.05) is 38.0 Å². The number of rotatable bonds is 4. The van der Waals surface area contributed by atoms with E-state index < -0.39 is 0 Å². The zero-order valence-corrected chi connectivity index (χ0v) is 14.1. The van der Waals surface area contributed by atoms with E-state index in [0.717, 1.165) is 0 Å². The summed E-state index contributed by atoms with van der Waals surface area (Å²) in [5, 5.41) is 2.75. The summed E-state index contributed by atoms with van der Waals surface area (Å²) in [4.78, 5) is 31.1. The molecule has 0 unspecified atom stereocenters. The molecule has 0 saturated carbocycles. The quantitative estimate of drug-likeness (QED) is 0.890. The van der Waals surface area contributed by atoms with Gasteiger partial charge in [0.2, 0.25) is 5.91 Å². The van der Waals surface area contributed by atoms with Gasteiger partial charge < -0.3 is 15.2 Å². The van der Waals surface area contributed by atoms with E-state index in [1.807, 2.05) is 4.90 Å². The smallest absolute Gasteiger partial charge is 0.270 e. The zero-order chi connectivity index (χ0) is 17.8. The molecule has 1 aromatic heterocycles. The molecule has 2 amide bonds. The van der Waals surface area contributed by atoms with Gasteiger partial charge in [0.15, 0.2) is 0 Å². The fourth-order valence-electron chi connectivity index (χ4n) is 2.88. The third-order valence-corrected chi connectivity index (χ3v) is 4.40. The van der Waals surface area contributed by atoms with E-state index in [1.54, 1.807) is 42.3 Å². The van der Waals surface area contributed by atoms with Crippen LogP contribution < -0.4 is 5.32 Å². The molecule has 3 rings (SSSR count). The number of aromatic amines is 1. The van der Waals surface area contributed by atoms with Gasteiger partial charge in [-0.25, -0.2) is 4.39 Å². The molecule has 1 fully saturated rings. The van der Waals surface area contributed by atoms with Crippen molar-refractivity contribution in [2.45, 2.75) is 6.92 Å². The second-order valence-electron chi connectivity index (χ2n) is 6.11. The second kappa shape index (κ2) is 7.48. The first-order valence-electron chi connectivity index (χ1n) is 8.24. The summed E-state index contributed by atoms with van der Waals surface area (Å²) >= 11 is 0. The molecule has 2 heterocycles. The summed E-state index contributed by atoms with van der Waals surface area (Å²) in [6.45, 7) is 4.26. The molecule has 1 saturated heterocycles. The minimum atomic E-state index is -0.339. The molecule has 0 aliphatic carbocycles. The summed E-state index contributed by atoms with van der Waals surface area (Å²) in [6, 6.07) is 8.17. The lowest BCUT2D eigenvalue weighted by atomic mass is 10.2. The van der Waals surface area contributed by atoms with Crippen LogP contribution in [0, 0.1) is 12.7 Å². The number of H-pyrrole nitrogens is 1. The molecular formula is C18H21FN4O2. The van der Waals surface area contributed by atoms with Crippen molar-refractivity contribution in [3.63, 3.8) is 0 Å². The zero-order valence-electron chi connectivity index (χ0n) is 14.1. The van der Waals surface area contributed by atoms with Crippen LogP contribution in [0.5, 0.6) is 0 Å². The Hall–Kier alpha value is -2.67. The molecule has 6 nitrogen and oxygen atoms in total. The number of piperazine rings is 1. The number of carbonyl (C=O) groups is 2. The number of benzene rings is 1. The number of aromatic nitrogens is 1. The average Bonchev–Trinajstić information content (AvgIpc) is 3.13. The maximum absolute atomic E-state index is 13.5. The molecule has 0 radical (unpaired) electrons. The van der Waals surface area contributed by atoms with Gasteiger partial charge in [0.1, 0.15) is 11.5 Å². The van der Waals surface area contributed by atoms with Gasteiger partial charge in [0, 0.05) is 43.6 Å². The lowest BCUT2D eigenvalue weighted by Crippen LogP contribution is -2.50. The number of nitrogens with one attached hydrogen (secondary N) is 2. The Labute approximate surface area is 145 Å². The first-order valence-corrected chi connectivity index (χ1v) is 8.24. The third kappa shape index (κ3) is 4.06. The van der Waals surface area contributed by atoms with Gasteiger partial charge in [-0.2, -0.15) is 0 Å². The van der Waals surface area contributed by atoms with Gasteiger partial charge in [0.25, 0.3) is 5.91 Å². The summed E-state index contributed by atoms with van der Waals surface area (Å²) in [5.74, 6) is -0.545. The predicted octanol–water partition coefficient (Wildman–Crippen LogP) is 1.86. The topological polar surface area (TPSA) is 68.4 Å². The Morgan fingerprint density at radius 1 is 1.16 bits per heavy atom. The summed E-state index contributed by atoms with van der Waals surface area (Å²) in [5.41, 5.74) is 1.50. The average molecular weight is 344 g/mol. The molecule has 1 aliphatic heterocycles. The number of hydrogen-bond acceptors (Lipinski definition) is 3. The van der Waals surface area contributed by atoms with Gasteiger partial charge in [-0.05, 0) is 31.2 Å². The highest BCUT2D eigenvalue weighted by molar-refractivity contribution is 5.93. The summed E-state index contributed by atoms with van der Waals surface area (Å²) in [7, 11) is 0. The van der Waals surface area contributed by atoms with Crippen molar-refractivity contribution in [3.05, 3.63) is 53.6 Å². The highest BCUT2D eigenvalue weighted by atomic mass is 19.1. The predicted molar refractivity (Wildman–Crippen MR) is 92.9 cm³/mol. The summed E-state index contributed by atoms with van der Waals surface area (Å²) in [6.07, 6.45) is 1.72. The van der Waals surface area contributed by atoms with Crippen molar-refractivity contribution in [3.8, 4) is 0 Å². The molecule has 2 aromatic rings. The Balaban J connectivity index is 1.49. The van der Waals surface area contributed by atoms with Gasteiger partial charge in [-0.3, -0.25) is 14.5 Å². The van der Waals surface area contributed by atoms with Crippen LogP contribution in [-0.2, 0) is 4.79 Å². The maximum Gasteiger partial charge on any atom is 0.270 e. The lowest BCUT2D eigenvalue weighted by Gasteiger charge is -2.34. The van der Waals surface area contributed by atoms with Crippen LogP contribution >= 0.6 is 0 Å². The number of hydrogen-bond donors (Lipinski definition) is 2. The van der Waals surface area contributed by atoms with E-state index in [0.29, 0.717) is 43.1 Å².